The zero-order valence-electron chi connectivity index (χ0n) is 12.6. The van der Waals surface area contributed by atoms with Crippen molar-refractivity contribution < 1.29 is 4.79 Å². The van der Waals surface area contributed by atoms with Crippen LogP contribution in [0.25, 0.3) is 0 Å². The van der Waals surface area contributed by atoms with Crippen LogP contribution in [0.5, 0.6) is 0 Å². The summed E-state index contributed by atoms with van der Waals surface area (Å²) in [6, 6.07) is 0. The summed E-state index contributed by atoms with van der Waals surface area (Å²) >= 11 is 1.40. The topological polar surface area (TPSA) is 62.5 Å². The van der Waals surface area contributed by atoms with Crippen molar-refractivity contribution in [3.05, 3.63) is 4.88 Å². The summed E-state index contributed by atoms with van der Waals surface area (Å²) in [5.74, 6) is 1.04. The van der Waals surface area contributed by atoms with Crippen molar-refractivity contribution in [1.82, 2.24) is 9.88 Å². The summed E-state index contributed by atoms with van der Waals surface area (Å²) in [5, 5.41) is 0.817. The zero-order valence-corrected chi connectivity index (χ0v) is 13.4. The molecule has 1 aromatic heterocycles. The van der Waals surface area contributed by atoms with Gasteiger partial charge in [-0.2, -0.15) is 0 Å². The number of nitrogens with zero attached hydrogens (tertiary/aromatic N) is 3. The SMILES string of the molecule is CCC1CCCN(C(=O)c2sc(N(C)CC)nc2N)C1. The molecule has 1 aliphatic heterocycles. The van der Waals surface area contributed by atoms with E-state index in [-0.39, 0.29) is 5.91 Å². The Bertz CT molecular complexity index is 474. The van der Waals surface area contributed by atoms with Crippen LogP contribution >= 0.6 is 11.3 Å². The third kappa shape index (κ3) is 3.06. The van der Waals surface area contributed by atoms with Crippen LogP contribution < -0.4 is 10.6 Å². The van der Waals surface area contributed by atoms with E-state index in [0.29, 0.717) is 16.6 Å². The van der Waals surface area contributed by atoms with Crippen LogP contribution in [-0.2, 0) is 0 Å². The molecule has 1 amide bonds. The number of likely N-dealkylation sites (tertiary alicyclic amines) is 1. The maximum atomic E-state index is 12.6. The first-order chi connectivity index (χ1) is 9.56. The Kier molecular flexibility index (Phi) is 4.86. The lowest BCUT2D eigenvalue weighted by Gasteiger charge is -2.32. The molecule has 112 valence electrons. The van der Waals surface area contributed by atoms with E-state index in [0.717, 1.165) is 37.6 Å². The molecule has 1 saturated heterocycles. The molecule has 0 spiro atoms. The molecule has 1 aliphatic rings. The number of aromatic nitrogens is 1. The molecule has 5 nitrogen and oxygen atoms in total. The number of nitrogen functional groups attached to an aromatic ring is 1. The molecule has 0 bridgehead atoms. The first-order valence-corrected chi connectivity index (χ1v) is 8.15. The fourth-order valence-corrected chi connectivity index (χ4v) is 3.48. The predicted molar refractivity (Wildman–Crippen MR) is 84.4 cm³/mol. The molecule has 2 rings (SSSR count). The van der Waals surface area contributed by atoms with Crippen LogP contribution in [0.3, 0.4) is 0 Å². The van der Waals surface area contributed by atoms with E-state index in [1.165, 1.54) is 17.8 Å². The highest BCUT2D eigenvalue weighted by molar-refractivity contribution is 7.18. The zero-order chi connectivity index (χ0) is 14.7. The van der Waals surface area contributed by atoms with Gasteiger partial charge in [-0.15, -0.1) is 0 Å². The summed E-state index contributed by atoms with van der Waals surface area (Å²) in [6.07, 6.45) is 3.44. The van der Waals surface area contributed by atoms with Gasteiger partial charge in [0.25, 0.3) is 5.91 Å². The number of piperidine rings is 1. The number of carbonyl (C=O) groups excluding carboxylic acids is 1. The molecule has 6 heteroatoms. The van der Waals surface area contributed by atoms with Crippen molar-refractivity contribution in [3.63, 3.8) is 0 Å². The Morgan fingerprint density at radius 3 is 2.95 bits per heavy atom. The Balaban J connectivity index is 2.14. The fraction of sp³-hybridized carbons (Fsp3) is 0.714. The van der Waals surface area contributed by atoms with Crippen molar-refractivity contribution in [3.8, 4) is 0 Å². The number of anilines is 2. The van der Waals surface area contributed by atoms with E-state index in [9.17, 15) is 4.79 Å². The van der Waals surface area contributed by atoms with Gasteiger partial charge in [-0.3, -0.25) is 4.79 Å². The van der Waals surface area contributed by atoms with Crippen LogP contribution in [-0.4, -0.2) is 42.5 Å². The highest BCUT2D eigenvalue weighted by Gasteiger charge is 2.27. The van der Waals surface area contributed by atoms with Crippen molar-refractivity contribution >= 4 is 28.2 Å². The van der Waals surface area contributed by atoms with Gasteiger partial charge in [0.2, 0.25) is 0 Å². The number of hydrogen-bond acceptors (Lipinski definition) is 5. The summed E-state index contributed by atoms with van der Waals surface area (Å²) in [7, 11) is 1.96. The molecular weight excluding hydrogens is 272 g/mol. The van der Waals surface area contributed by atoms with Crippen molar-refractivity contribution in [2.24, 2.45) is 5.92 Å². The van der Waals surface area contributed by atoms with Gasteiger partial charge in [-0.1, -0.05) is 24.7 Å². The number of rotatable bonds is 4. The van der Waals surface area contributed by atoms with Crippen LogP contribution in [0.1, 0.15) is 42.8 Å². The number of nitrogens with two attached hydrogens (primary N) is 1. The second kappa shape index (κ2) is 6.43. The Labute approximate surface area is 124 Å². The molecule has 0 saturated carbocycles. The van der Waals surface area contributed by atoms with Crippen LogP contribution in [0.15, 0.2) is 0 Å². The van der Waals surface area contributed by atoms with E-state index >= 15 is 0 Å². The number of thiazole rings is 1. The predicted octanol–water partition coefficient (Wildman–Crippen LogP) is 2.44. The quantitative estimate of drug-likeness (QED) is 0.927. The normalized spacial score (nSPS) is 19.1. The molecule has 1 atom stereocenters. The maximum Gasteiger partial charge on any atom is 0.267 e. The lowest BCUT2D eigenvalue weighted by molar-refractivity contribution is 0.0677. The smallest absolute Gasteiger partial charge is 0.267 e. The van der Waals surface area contributed by atoms with E-state index in [1.807, 2.05) is 16.8 Å². The molecule has 1 unspecified atom stereocenters. The minimum Gasteiger partial charge on any atom is -0.382 e. The second-order valence-corrected chi connectivity index (χ2v) is 6.37. The third-order valence-electron chi connectivity index (χ3n) is 4.02. The van der Waals surface area contributed by atoms with Crippen LogP contribution in [0, 0.1) is 5.92 Å². The lowest BCUT2D eigenvalue weighted by atomic mass is 9.95. The van der Waals surface area contributed by atoms with Gasteiger partial charge in [-0.05, 0) is 25.7 Å². The first kappa shape index (κ1) is 15.1. The van der Waals surface area contributed by atoms with E-state index < -0.39 is 0 Å². The van der Waals surface area contributed by atoms with Gasteiger partial charge in [0, 0.05) is 26.7 Å². The van der Waals surface area contributed by atoms with Gasteiger partial charge < -0.3 is 15.5 Å². The highest BCUT2D eigenvalue weighted by atomic mass is 32.1. The van der Waals surface area contributed by atoms with Crippen molar-refractivity contribution in [2.75, 3.05) is 37.3 Å². The molecule has 1 fully saturated rings. The van der Waals surface area contributed by atoms with E-state index in [4.69, 9.17) is 5.73 Å². The molecule has 0 aliphatic carbocycles. The molecular formula is C14H24N4OS. The van der Waals surface area contributed by atoms with Crippen LogP contribution in [0.2, 0.25) is 0 Å². The lowest BCUT2D eigenvalue weighted by Crippen LogP contribution is -2.39. The van der Waals surface area contributed by atoms with Gasteiger partial charge in [0.05, 0.1) is 0 Å². The molecule has 20 heavy (non-hydrogen) atoms. The Hall–Kier alpha value is -1.30. The molecule has 0 radical (unpaired) electrons. The summed E-state index contributed by atoms with van der Waals surface area (Å²) in [6.45, 7) is 6.78. The van der Waals surface area contributed by atoms with E-state index in [1.54, 1.807) is 0 Å². The monoisotopic (exact) mass is 296 g/mol. The summed E-state index contributed by atoms with van der Waals surface area (Å²) in [5.41, 5.74) is 5.93. The van der Waals surface area contributed by atoms with Gasteiger partial charge in [-0.25, -0.2) is 4.98 Å². The molecule has 2 N–H and O–H groups in total. The standard InChI is InChI=1S/C14H24N4OS/c1-4-10-7-6-8-18(9-10)13(19)11-12(15)16-14(20-11)17(3)5-2/h10H,4-9,15H2,1-3H3. The number of hydrogen-bond donors (Lipinski definition) is 1. The Morgan fingerprint density at radius 1 is 1.55 bits per heavy atom. The third-order valence-corrected chi connectivity index (χ3v) is 5.19. The minimum absolute atomic E-state index is 0.0499. The fourth-order valence-electron chi connectivity index (χ4n) is 2.50. The minimum atomic E-state index is 0.0499. The average molecular weight is 296 g/mol. The number of amides is 1. The molecule has 1 aromatic rings. The molecule has 0 aromatic carbocycles. The average Bonchev–Trinajstić information content (AvgIpc) is 2.87. The molecule has 2 heterocycles. The first-order valence-electron chi connectivity index (χ1n) is 7.33. The van der Waals surface area contributed by atoms with Gasteiger partial charge in [0.1, 0.15) is 10.7 Å². The van der Waals surface area contributed by atoms with E-state index in [2.05, 4.69) is 18.8 Å². The van der Waals surface area contributed by atoms with Crippen molar-refractivity contribution in [1.29, 1.82) is 0 Å². The van der Waals surface area contributed by atoms with Crippen LogP contribution in [0.4, 0.5) is 10.9 Å². The Morgan fingerprint density at radius 2 is 2.30 bits per heavy atom. The second-order valence-electron chi connectivity index (χ2n) is 5.39. The van der Waals surface area contributed by atoms with Gasteiger partial charge in [0.15, 0.2) is 5.13 Å². The summed E-state index contributed by atoms with van der Waals surface area (Å²) in [4.78, 5) is 21.5. The van der Waals surface area contributed by atoms with Crippen molar-refractivity contribution in [2.45, 2.75) is 33.1 Å². The van der Waals surface area contributed by atoms with Gasteiger partial charge >= 0.3 is 0 Å². The number of carbonyl (C=O) groups is 1. The highest BCUT2D eigenvalue weighted by Crippen LogP contribution is 2.30. The largest absolute Gasteiger partial charge is 0.382 e. The summed E-state index contributed by atoms with van der Waals surface area (Å²) < 4.78 is 0. The maximum absolute atomic E-state index is 12.6.